The number of phenolic OH excluding ortho intramolecular Hbond substituents is 1. The predicted molar refractivity (Wildman–Crippen MR) is 282 cm³/mol. The minimum absolute atomic E-state index is 0. The fourth-order valence-corrected chi connectivity index (χ4v) is 9.20. The number of rotatable bonds is 9. The Balaban J connectivity index is 0.00000659. The average molecular weight is 1070 g/mol. The predicted octanol–water partition coefficient (Wildman–Crippen LogP) is 17.1. The number of hydrogen-bond acceptors (Lipinski definition) is 3. The molecule has 0 amide bonds. The first-order valence-electron chi connectivity index (χ1n) is 24.4. The van der Waals surface area contributed by atoms with Gasteiger partial charge in [0.05, 0.1) is 16.6 Å². The number of aromatic nitrogens is 3. The molecule has 0 saturated carbocycles. The molecule has 0 aliphatic rings. The topological polar surface area (TPSA) is 50.9 Å². The zero-order valence-electron chi connectivity index (χ0n) is 43.1. The standard InChI is InChI=1S/C63H62N3O.Pt/c1-39(2)51-19-15-20-52(40(3)4)58(51)44-27-29-50(30-28-44)66-57-22-16-21-53(59(57)65-61(66)54-37-49(62(6,7)8)38-55(60(54)67)63(9,10)11)47-33-46(42-17-13-12-14-18-42)34-48(35-47)56-36-45(31-32-64-56)43-25-23-41(5)24-26-43;/h12-34,36-40,67H,1-11H3;/q-1;/i39D,40D;. The number of fused-ring (bicyclic) bond motifs is 1. The summed E-state index contributed by atoms with van der Waals surface area (Å²) in [7, 11) is 0. The van der Waals surface area contributed by atoms with Crippen molar-refractivity contribution in [2.45, 2.75) is 98.8 Å². The number of aryl methyl sites for hydroxylation is 1. The van der Waals surface area contributed by atoms with Crippen molar-refractivity contribution >= 4 is 11.0 Å². The van der Waals surface area contributed by atoms with Crippen molar-refractivity contribution in [3.05, 3.63) is 192 Å². The van der Waals surface area contributed by atoms with E-state index >= 15 is 0 Å². The van der Waals surface area contributed by atoms with Crippen LogP contribution < -0.4 is 0 Å². The largest absolute Gasteiger partial charge is 0.507 e. The van der Waals surface area contributed by atoms with Crippen molar-refractivity contribution in [3.8, 4) is 78.6 Å². The van der Waals surface area contributed by atoms with Crippen LogP contribution in [0.25, 0.3) is 83.9 Å². The van der Waals surface area contributed by atoms with Crippen LogP contribution in [0, 0.1) is 13.0 Å². The maximum atomic E-state index is 12.5. The summed E-state index contributed by atoms with van der Waals surface area (Å²) in [5, 5.41) is 12.5. The van der Waals surface area contributed by atoms with E-state index in [1.807, 2.05) is 58.2 Å². The summed E-state index contributed by atoms with van der Waals surface area (Å²) in [5.74, 6) is -0.964. The van der Waals surface area contributed by atoms with Gasteiger partial charge in [0, 0.05) is 46.9 Å². The van der Waals surface area contributed by atoms with Crippen LogP contribution in [0.2, 0.25) is 0 Å². The van der Waals surface area contributed by atoms with Crippen molar-refractivity contribution in [3.63, 3.8) is 0 Å². The molecule has 0 bridgehead atoms. The molecule has 2 heterocycles. The molecule has 0 radical (unpaired) electrons. The molecular weight excluding hydrogens is 1010 g/mol. The van der Waals surface area contributed by atoms with Gasteiger partial charge in [0.1, 0.15) is 11.6 Å². The maximum absolute atomic E-state index is 12.5. The van der Waals surface area contributed by atoms with Gasteiger partial charge in [0.15, 0.2) is 0 Å². The maximum Gasteiger partial charge on any atom is 0.148 e. The molecule has 5 heteroatoms. The molecule has 1 N–H and O–H groups in total. The normalized spacial score (nSPS) is 12.7. The van der Waals surface area contributed by atoms with Gasteiger partial charge in [-0.15, -0.1) is 23.8 Å². The number of imidazole rings is 1. The van der Waals surface area contributed by atoms with Crippen molar-refractivity contribution in [1.29, 1.82) is 0 Å². The monoisotopic (exact) mass is 1070 g/mol. The first kappa shape index (κ1) is 45.4. The van der Waals surface area contributed by atoms with Crippen LogP contribution in [0.5, 0.6) is 5.75 Å². The molecule has 7 aromatic carbocycles. The van der Waals surface area contributed by atoms with Crippen LogP contribution in [-0.4, -0.2) is 19.6 Å². The smallest absolute Gasteiger partial charge is 0.148 e. The minimum Gasteiger partial charge on any atom is -0.507 e. The van der Waals surface area contributed by atoms with E-state index in [2.05, 4.69) is 186 Å². The second-order valence-corrected chi connectivity index (χ2v) is 20.5. The number of para-hydroxylation sites is 1. The van der Waals surface area contributed by atoms with Gasteiger partial charge in [-0.2, -0.15) is 0 Å². The third-order valence-electron chi connectivity index (χ3n) is 13.0. The summed E-state index contributed by atoms with van der Waals surface area (Å²) in [5.41, 5.74) is 17.1. The Morgan fingerprint density at radius 3 is 1.84 bits per heavy atom. The Hall–Kier alpha value is -6.35. The molecule has 9 rings (SSSR count). The summed E-state index contributed by atoms with van der Waals surface area (Å²) < 4.78 is 20.4. The van der Waals surface area contributed by atoms with Gasteiger partial charge >= 0.3 is 0 Å². The Labute approximate surface area is 421 Å². The molecule has 68 heavy (non-hydrogen) atoms. The summed E-state index contributed by atoms with van der Waals surface area (Å²) in [6, 6.07) is 56.3. The SMILES string of the molecule is [2H]C(C)(C)c1cccc(C([2H])(C)C)c1-c1ccc(-n2c(-c3cc(C(C)(C)C)cc(C(C)(C)C)c3O)nc3c(-c4[c-]c(-c5cc(-c6ccc(C)cc6)ccn5)cc(-c5ccccc5)c4)cccc32)cc1.[Pt]. The fraction of sp³-hybridized carbons (Fsp3) is 0.238. The second-order valence-electron chi connectivity index (χ2n) is 20.5. The minimum atomic E-state index is -0.894. The molecule has 0 aliphatic heterocycles. The summed E-state index contributed by atoms with van der Waals surface area (Å²) in [6.07, 6.45) is 1.87. The molecule has 2 aromatic heterocycles. The van der Waals surface area contributed by atoms with Gasteiger partial charge in [-0.05, 0) is 104 Å². The molecule has 0 aliphatic carbocycles. The van der Waals surface area contributed by atoms with Gasteiger partial charge in [-0.1, -0.05) is 201 Å². The first-order chi connectivity index (χ1) is 32.6. The Bertz CT molecular complexity index is 3330. The van der Waals surface area contributed by atoms with Crippen LogP contribution in [0.3, 0.4) is 0 Å². The fourth-order valence-electron chi connectivity index (χ4n) is 9.20. The molecule has 4 nitrogen and oxygen atoms in total. The van der Waals surface area contributed by atoms with Crippen LogP contribution >= 0.6 is 0 Å². The van der Waals surface area contributed by atoms with Gasteiger partial charge in [0.2, 0.25) is 0 Å². The molecular formula is C63H62N3OPt-. The van der Waals surface area contributed by atoms with Crippen LogP contribution in [0.1, 0.15) is 112 Å². The van der Waals surface area contributed by atoms with E-state index in [0.29, 0.717) is 11.4 Å². The van der Waals surface area contributed by atoms with Crippen LogP contribution in [0.15, 0.2) is 158 Å². The van der Waals surface area contributed by atoms with E-state index in [-0.39, 0.29) is 37.6 Å². The van der Waals surface area contributed by atoms with Gasteiger partial charge < -0.3 is 5.11 Å². The second kappa shape index (κ2) is 19.0. The number of benzene rings is 7. The van der Waals surface area contributed by atoms with Crippen molar-refractivity contribution in [2.75, 3.05) is 0 Å². The Morgan fingerprint density at radius 1 is 0.588 bits per heavy atom. The number of pyridine rings is 1. The molecule has 0 atom stereocenters. The molecule has 0 saturated heterocycles. The molecule has 9 aromatic rings. The molecule has 346 valence electrons. The third kappa shape index (κ3) is 9.41. The number of nitrogens with zero attached hydrogens (tertiary/aromatic N) is 3. The first-order valence-corrected chi connectivity index (χ1v) is 23.4. The van der Waals surface area contributed by atoms with E-state index < -0.39 is 11.8 Å². The third-order valence-corrected chi connectivity index (χ3v) is 13.0. The summed E-state index contributed by atoms with van der Waals surface area (Å²) >= 11 is 0. The number of phenols is 1. The summed E-state index contributed by atoms with van der Waals surface area (Å²) in [6.45, 7) is 22.7. The van der Waals surface area contributed by atoms with E-state index in [0.717, 1.165) is 94.7 Å². The van der Waals surface area contributed by atoms with E-state index in [4.69, 9.17) is 12.7 Å². The van der Waals surface area contributed by atoms with E-state index in [9.17, 15) is 5.11 Å². The Kier molecular flexibility index (Phi) is 12.7. The van der Waals surface area contributed by atoms with Crippen molar-refractivity contribution in [2.24, 2.45) is 0 Å². The number of hydrogen-bond donors (Lipinski definition) is 1. The number of aromatic hydroxyl groups is 1. The van der Waals surface area contributed by atoms with Crippen LogP contribution in [-0.2, 0) is 31.9 Å². The van der Waals surface area contributed by atoms with E-state index in [1.54, 1.807) is 0 Å². The van der Waals surface area contributed by atoms with Gasteiger partial charge in [-0.25, -0.2) is 4.98 Å². The summed E-state index contributed by atoms with van der Waals surface area (Å²) in [4.78, 5) is 10.5. The average Bonchev–Trinajstić information content (AvgIpc) is 3.70. The molecule has 0 unspecified atom stereocenters. The van der Waals surface area contributed by atoms with E-state index in [1.165, 1.54) is 5.56 Å². The zero-order chi connectivity index (χ0) is 49.2. The molecule has 0 spiro atoms. The van der Waals surface area contributed by atoms with Crippen molar-refractivity contribution < 1.29 is 28.9 Å². The van der Waals surface area contributed by atoms with Crippen LogP contribution in [0.4, 0.5) is 0 Å². The zero-order valence-corrected chi connectivity index (χ0v) is 43.4. The van der Waals surface area contributed by atoms with Crippen molar-refractivity contribution in [1.82, 2.24) is 14.5 Å². The Morgan fingerprint density at radius 2 is 1.21 bits per heavy atom. The molecule has 0 fully saturated rings. The van der Waals surface area contributed by atoms with Gasteiger partial charge in [-0.3, -0.25) is 9.55 Å². The van der Waals surface area contributed by atoms with Gasteiger partial charge in [0.25, 0.3) is 0 Å². The quantitative estimate of drug-likeness (QED) is 0.147.